The molecular formula is C12H10N2O4. The highest BCUT2D eigenvalue weighted by atomic mass is 16.5. The molecule has 0 spiro atoms. The molecule has 2 N–H and O–H groups in total. The lowest BCUT2D eigenvalue weighted by molar-refractivity contribution is 0.0465. The van der Waals surface area contributed by atoms with Gasteiger partial charge in [-0.2, -0.15) is 0 Å². The average molecular weight is 246 g/mol. The summed E-state index contributed by atoms with van der Waals surface area (Å²) in [5, 5.41) is 0. The molecule has 18 heavy (non-hydrogen) atoms. The lowest BCUT2D eigenvalue weighted by atomic mass is 10.2. The highest BCUT2D eigenvalue weighted by Gasteiger charge is 2.09. The Hall–Kier alpha value is -2.63. The van der Waals surface area contributed by atoms with Gasteiger partial charge in [0.15, 0.2) is 0 Å². The number of ether oxygens (including phenoxy) is 1. The Balaban J connectivity index is 2.08. The number of carbonyl (C=O) groups excluding carboxylic acids is 1. The molecule has 0 fully saturated rings. The van der Waals surface area contributed by atoms with Crippen LogP contribution < -0.4 is 11.2 Å². The summed E-state index contributed by atoms with van der Waals surface area (Å²) in [6, 6.07) is 10.1. The average Bonchev–Trinajstić information content (AvgIpc) is 2.36. The molecule has 0 saturated carbocycles. The molecule has 0 aliphatic rings. The van der Waals surface area contributed by atoms with E-state index in [1.54, 1.807) is 12.1 Å². The Labute approximate surface area is 101 Å². The van der Waals surface area contributed by atoms with Crippen LogP contribution in [0.1, 0.15) is 16.1 Å². The van der Waals surface area contributed by atoms with Crippen LogP contribution in [-0.2, 0) is 11.3 Å². The van der Waals surface area contributed by atoms with Gasteiger partial charge in [0.2, 0.25) is 0 Å². The first kappa shape index (κ1) is 11.8. The number of hydrogen-bond acceptors (Lipinski definition) is 4. The summed E-state index contributed by atoms with van der Waals surface area (Å²) in [5.74, 6) is -0.748. The van der Waals surface area contributed by atoms with E-state index in [0.717, 1.165) is 11.6 Å². The van der Waals surface area contributed by atoms with Gasteiger partial charge in [-0.15, -0.1) is 0 Å². The van der Waals surface area contributed by atoms with Crippen LogP contribution in [0.25, 0.3) is 0 Å². The van der Waals surface area contributed by atoms with Gasteiger partial charge < -0.3 is 9.72 Å². The second-order valence-electron chi connectivity index (χ2n) is 3.56. The van der Waals surface area contributed by atoms with E-state index >= 15 is 0 Å². The molecule has 6 heteroatoms. The summed E-state index contributed by atoms with van der Waals surface area (Å²) in [6.45, 7) is 0.0779. The Morgan fingerprint density at radius 2 is 1.83 bits per heavy atom. The molecule has 0 unspecified atom stereocenters. The fourth-order valence-electron chi connectivity index (χ4n) is 1.38. The van der Waals surface area contributed by atoms with E-state index in [0.29, 0.717) is 0 Å². The highest BCUT2D eigenvalue weighted by Crippen LogP contribution is 2.02. The van der Waals surface area contributed by atoms with Gasteiger partial charge in [0.25, 0.3) is 5.56 Å². The second-order valence-corrected chi connectivity index (χ2v) is 3.56. The smallest absolute Gasteiger partial charge is 0.355 e. The topological polar surface area (TPSA) is 92.0 Å². The van der Waals surface area contributed by atoms with Crippen molar-refractivity contribution in [2.75, 3.05) is 0 Å². The maximum Gasteiger partial charge on any atom is 0.355 e. The Bertz CT molecular complexity index is 629. The Morgan fingerprint density at radius 1 is 1.11 bits per heavy atom. The maximum atomic E-state index is 11.6. The van der Waals surface area contributed by atoms with Crippen LogP contribution in [-0.4, -0.2) is 15.9 Å². The van der Waals surface area contributed by atoms with Crippen molar-refractivity contribution in [3.63, 3.8) is 0 Å². The van der Waals surface area contributed by atoms with Gasteiger partial charge in [-0.25, -0.2) is 9.59 Å². The minimum absolute atomic E-state index is 0.0779. The first-order chi connectivity index (χ1) is 8.65. The first-order valence-electron chi connectivity index (χ1n) is 5.20. The Kier molecular flexibility index (Phi) is 3.38. The van der Waals surface area contributed by atoms with Crippen molar-refractivity contribution in [2.24, 2.45) is 0 Å². The van der Waals surface area contributed by atoms with Gasteiger partial charge >= 0.3 is 11.7 Å². The van der Waals surface area contributed by atoms with E-state index in [2.05, 4.69) is 4.98 Å². The van der Waals surface area contributed by atoms with Crippen LogP contribution in [0.2, 0.25) is 0 Å². The number of H-pyrrole nitrogens is 2. The second kappa shape index (κ2) is 5.13. The molecule has 2 aromatic rings. The van der Waals surface area contributed by atoms with Crippen molar-refractivity contribution in [1.29, 1.82) is 0 Å². The van der Waals surface area contributed by atoms with E-state index < -0.39 is 17.2 Å². The zero-order valence-electron chi connectivity index (χ0n) is 9.30. The van der Waals surface area contributed by atoms with Crippen LogP contribution >= 0.6 is 0 Å². The van der Waals surface area contributed by atoms with Crippen molar-refractivity contribution >= 4 is 5.97 Å². The molecule has 1 aromatic heterocycles. The maximum absolute atomic E-state index is 11.6. The molecule has 2 rings (SSSR count). The van der Waals surface area contributed by atoms with Gasteiger partial charge in [0.05, 0.1) is 0 Å². The number of esters is 1. The van der Waals surface area contributed by atoms with Crippen LogP contribution in [0.15, 0.2) is 46.0 Å². The van der Waals surface area contributed by atoms with Crippen molar-refractivity contribution in [2.45, 2.75) is 6.61 Å². The minimum atomic E-state index is -0.748. The third kappa shape index (κ3) is 2.94. The summed E-state index contributed by atoms with van der Waals surface area (Å²) >= 11 is 0. The Morgan fingerprint density at radius 3 is 2.50 bits per heavy atom. The number of hydrogen-bond donors (Lipinski definition) is 2. The highest BCUT2D eigenvalue weighted by molar-refractivity contribution is 5.86. The molecule has 0 radical (unpaired) electrons. The summed E-state index contributed by atoms with van der Waals surface area (Å²) in [7, 11) is 0. The number of aromatic nitrogens is 2. The summed E-state index contributed by atoms with van der Waals surface area (Å²) in [6.07, 6.45) is 0. The number of rotatable bonds is 3. The standard InChI is InChI=1S/C12H10N2O4/c15-10-6-9(13-12(17)14-10)11(16)18-7-8-4-2-1-3-5-8/h1-6H,7H2,(H2,13,14,15,17). The van der Waals surface area contributed by atoms with Crippen LogP contribution in [0.3, 0.4) is 0 Å². The molecular weight excluding hydrogens is 236 g/mol. The van der Waals surface area contributed by atoms with Gasteiger partial charge in [-0.3, -0.25) is 9.78 Å². The quantitative estimate of drug-likeness (QED) is 0.768. The third-order valence-corrected chi connectivity index (χ3v) is 2.19. The fraction of sp³-hybridized carbons (Fsp3) is 0.0833. The van der Waals surface area contributed by atoms with E-state index in [1.807, 2.05) is 23.2 Å². The zero-order chi connectivity index (χ0) is 13.0. The van der Waals surface area contributed by atoms with Gasteiger partial charge in [-0.1, -0.05) is 30.3 Å². The van der Waals surface area contributed by atoms with Crippen molar-refractivity contribution < 1.29 is 9.53 Å². The first-order valence-corrected chi connectivity index (χ1v) is 5.20. The SMILES string of the molecule is O=C(OCc1ccccc1)c1cc(=O)[nH]c(=O)[nH]1. The molecule has 0 saturated heterocycles. The van der Waals surface area contributed by atoms with E-state index in [1.165, 1.54) is 0 Å². The summed E-state index contributed by atoms with van der Waals surface area (Å²) in [4.78, 5) is 37.7. The van der Waals surface area contributed by atoms with E-state index in [9.17, 15) is 14.4 Å². The van der Waals surface area contributed by atoms with Crippen LogP contribution in [0, 0.1) is 0 Å². The number of carbonyl (C=O) groups is 1. The predicted octanol–water partition coefficient (Wildman–Crippen LogP) is 0.420. The molecule has 0 aliphatic heterocycles. The molecule has 92 valence electrons. The fourth-order valence-corrected chi connectivity index (χ4v) is 1.38. The van der Waals surface area contributed by atoms with Gasteiger partial charge in [0.1, 0.15) is 12.3 Å². The number of nitrogens with one attached hydrogen (secondary N) is 2. The number of benzene rings is 1. The van der Waals surface area contributed by atoms with Gasteiger partial charge in [-0.05, 0) is 5.56 Å². The molecule has 0 amide bonds. The molecule has 6 nitrogen and oxygen atoms in total. The zero-order valence-corrected chi connectivity index (χ0v) is 9.30. The van der Waals surface area contributed by atoms with Crippen LogP contribution in [0.4, 0.5) is 0 Å². The molecule has 0 atom stereocenters. The normalized spacial score (nSPS) is 10.0. The predicted molar refractivity (Wildman–Crippen MR) is 63.2 cm³/mol. The third-order valence-electron chi connectivity index (χ3n) is 2.19. The summed E-state index contributed by atoms with van der Waals surface area (Å²) < 4.78 is 4.96. The largest absolute Gasteiger partial charge is 0.456 e. The number of aromatic amines is 2. The van der Waals surface area contributed by atoms with Crippen molar-refractivity contribution in [1.82, 2.24) is 9.97 Å². The van der Waals surface area contributed by atoms with Gasteiger partial charge in [0, 0.05) is 6.07 Å². The van der Waals surface area contributed by atoms with Crippen molar-refractivity contribution in [3.8, 4) is 0 Å². The minimum Gasteiger partial charge on any atom is -0.456 e. The van der Waals surface area contributed by atoms with Crippen LogP contribution in [0.5, 0.6) is 0 Å². The summed E-state index contributed by atoms with van der Waals surface area (Å²) in [5.41, 5.74) is -0.739. The lowest BCUT2D eigenvalue weighted by Crippen LogP contribution is -2.25. The van der Waals surface area contributed by atoms with E-state index in [-0.39, 0.29) is 12.3 Å². The monoisotopic (exact) mass is 246 g/mol. The van der Waals surface area contributed by atoms with Crippen molar-refractivity contribution in [3.05, 3.63) is 68.5 Å². The molecule has 0 aliphatic carbocycles. The molecule has 0 bridgehead atoms. The lowest BCUT2D eigenvalue weighted by Gasteiger charge is -2.03. The molecule has 1 heterocycles. The van der Waals surface area contributed by atoms with E-state index in [4.69, 9.17) is 4.74 Å². The molecule has 1 aromatic carbocycles.